The monoisotopic (exact) mass is 278 g/mol. The van der Waals surface area contributed by atoms with Crippen molar-refractivity contribution in [2.45, 2.75) is 32.6 Å². The summed E-state index contributed by atoms with van der Waals surface area (Å²) in [5.74, 6) is -0.583. The first kappa shape index (κ1) is 13.7. The molecule has 1 amide bonds. The Hall–Kier alpha value is -1.74. The molecule has 0 bridgehead atoms. The number of carbonyl (C=O) groups excluding carboxylic acids is 1. The fourth-order valence-corrected chi connectivity index (χ4v) is 3.38. The number of hydrogen-bond acceptors (Lipinski definition) is 5. The number of nitriles is 1. The van der Waals surface area contributed by atoms with Crippen LogP contribution in [0, 0.1) is 16.7 Å². The molecule has 1 aliphatic carbocycles. The van der Waals surface area contributed by atoms with E-state index in [-0.39, 0.29) is 10.6 Å². The number of nitrogens with zero attached hydrogens (tertiary/aromatic N) is 1. The summed E-state index contributed by atoms with van der Waals surface area (Å²) in [6.07, 6.45) is 4.80. The van der Waals surface area contributed by atoms with Gasteiger partial charge < -0.3 is 16.8 Å². The number of anilines is 2. The van der Waals surface area contributed by atoms with E-state index < -0.39 is 5.91 Å². The predicted octanol–water partition coefficient (Wildman–Crippen LogP) is 2.29. The van der Waals surface area contributed by atoms with Crippen LogP contribution in [0.2, 0.25) is 0 Å². The zero-order valence-electron chi connectivity index (χ0n) is 11.0. The molecule has 0 saturated heterocycles. The minimum absolute atomic E-state index is 0.196. The maximum absolute atomic E-state index is 11.2. The molecule has 1 aliphatic rings. The van der Waals surface area contributed by atoms with Crippen molar-refractivity contribution < 1.29 is 4.79 Å². The van der Waals surface area contributed by atoms with Gasteiger partial charge in [0.05, 0.1) is 5.69 Å². The highest BCUT2D eigenvalue weighted by Crippen LogP contribution is 2.44. The minimum atomic E-state index is -0.583. The van der Waals surface area contributed by atoms with Gasteiger partial charge in [-0.15, -0.1) is 11.3 Å². The van der Waals surface area contributed by atoms with Crippen molar-refractivity contribution in [2.24, 2.45) is 11.1 Å². The van der Waals surface area contributed by atoms with Crippen molar-refractivity contribution in [3.05, 3.63) is 10.4 Å². The lowest BCUT2D eigenvalue weighted by molar-refractivity contribution is 0.100. The van der Waals surface area contributed by atoms with E-state index in [1.165, 1.54) is 30.6 Å². The highest BCUT2D eigenvalue weighted by molar-refractivity contribution is 7.18. The summed E-state index contributed by atoms with van der Waals surface area (Å²) in [5, 5.41) is 13.1. The van der Waals surface area contributed by atoms with Gasteiger partial charge in [-0.25, -0.2) is 0 Å². The summed E-state index contributed by atoms with van der Waals surface area (Å²) in [4.78, 5) is 11.5. The fraction of sp³-hybridized carbons (Fsp3) is 0.538. The van der Waals surface area contributed by atoms with Crippen LogP contribution in [-0.4, -0.2) is 12.5 Å². The Balaban J connectivity index is 2.19. The average Bonchev–Trinajstić information content (AvgIpc) is 2.65. The molecule has 0 spiro atoms. The molecule has 0 aromatic carbocycles. The largest absolute Gasteiger partial charge is 0.396 e. The van der Waals surface area contributed by atoms with Gasteiger partial charge in [0, 0.05) is 6.54 Å². The molecule has 5 N–H and O–H groups in total. The molecule has 1 fully saturated rings. The quantitative estimate of drug-likeness (QED) is 0.768. The van der Waals surface area contributed by atoms with Gasteiger partial charge in [-0.3, -0.25) is 4.79 Å². The Kier molecular flexibility index (Phi) is 3.67. The van der Waals surface area contributed by atoms with Crippen molar-refractivity contribution in [3.8, 4) is 6.07 Å². The topological polar surface area (TPSA) is 105 Å². The van der Waals surface area contributed by atoms with Gasteiger partial charge in [0.2, 0.25) is 0 Å². The molecule has 5 nitrogen and oxygen atoms in total. The second kappa shape index (κ2) is 5.10. The predicted molar refractivity (Wildman–Crippen MR) is 77.0 cm³/mol. The molecule has 2 rings (SSSR count). The van der Waals surface area contributed by atoms with E-state index >= 15 is 0 Å². The molecule has 19 heavy (non-hydrogen) atoms. The summed E-state index contributed by atoms with van der Waals surface area (Å²) in [7, 11) is 0. The number of nitrogen functional groups attached to an aromatic ring is 1. The molecule has 1 aromatic rings. The summed E-state index contributed by atoms with van der Waals surface area (Å²) < 4.78 is 0. The van der Waals surface area contributed by atoms with Crippen LogP contribution in [0.5, 0.6) is 0 Å². The first-order chi connectivity index (χ1) is 9.03. The lowest BCUT2D eigenvalue weighted by Gasteiger charge is -2.41. The molecular weight excluding hydrogens is 260 g/mol. The number of nitrogens with one attached hydrogen (secondary N) is 1. The number of carbonyl (C=O) groups is 1. The Bertz CT molecular complexity index is 534. The van der Waals surface area contributed by atoms with Crippen LogP contribution in [0.1, 0.15) is 47.8 Å². The summed E-state index contributed by atoms with van der Waals surface area (Å²) in [6, 6.07) is 2.04. The van der Waals surface area contributed by atoms with Crippen LogP contribution in [0.3, 0.4) is 0 Å². The molecule has 102 valence electrons. The molecule has 0 unspecified atom stereocenters. The van der Waals surface area contributed by atoms with Crippen LogP contribution in [-0.2, 0) is 0 Å². The van der Waals surface area contributed by atoms with Gasteiger partial charge in [0.1, 0.15) is 21.5 Å². The Morgan fingerprint density at radius 1 is 1.58 bits per heavy atom. The third kappa shape index (κ3) is 2.38. The first-order valence-electron chi connectivity index (χ1n) is 6.39. The van der Waals surface area contributed by atoms with Crippen LogP contribution >= 0.6 is 11.3 Å². The van der Waals surface area contributed by atoms with Crippen molar-refractivity contribution in [1.82, 2.24) is 0 Å². The molecule has 1 saturated carbocycles. The van der Waals surface area contributed by atoms with E-state index in [1.807, 2.05) is 6.07 Å². The molecule has 0 radical (unpaired) electrons. The second-order valence-corrected chi connectivity index (χ2v) is 6.11. The third-order valence-corrected chi connectivity index (χ3v) is 5.25. The second-order valence-electron chi connectivity index (χ2n) is 5.09. The maximum Gasteiger partial charge on any atom is 0.261 e. The lowest BCUT2D eigenvalue weighted by atomic mass is 9.67. The highest BCUT2D eigenvalue weighted by Gasteiger charge is 2.35. The average molecular weight is 278 g/mol. The lowest BCUT2D eigenvalue weighted by Crippen LogP contribution is -2.35. The number of thiophene rings is 1. The fourth-order valence-electron chi connectivity index (χ4n) is 2.46. The SMILES string of the molecule is CCC1(CNc2sc(C(N)=O)c(N)c2C#N)CCC1. The molecule has 1 heterocycles. The van der Waals surface area contributed by atoms with Gasteiger partial charge in [0.15, 0.2) is 0 Å². The van der Waals surface area contributed by atoms with E-state index in [9.17, 15) is 4.79 Å². The number of nitrogens with two attached hydrogens (primary N) is 2. The van der Waals surface area contributed by atoms with Crippen LogP contribution in [0.4, 0.5) is 10.7 Å². The Labute approximate surface area is 116 Å². The standard InChI is InChI=1S/C13H18N4OS/c1-2-13(4-3-5-13)7-17-12-8(6-14)9(15)10(19-12)11(16)18/h17H,2-5,7,15H2,1H3,(H2,16,18). The molecular formula is C13H18N4OS. The first-order valence-corrected chi connectivity index (χ1v) is 7.20. The van der Waals surface area contributed by atoms with Crippen molar-refractivity contribution in [3.63, 3.8) is 0 Å². The molecule has 1 aromatic heterocycles. The Morgan fingerprint density at radius 3 is 2.68 bits per heavy atom. The van der Waals surface area contributed by atoms with Gasteiger partial charge in [-0.05, 0) is 24.7 Å². The number of primary amides is 1. The van der Waals surface area contributed by atoms with Gasteiger partial charge in [-0.1, -0.05) is 13.3 Å². The van der Waals surface area contributed by atoms with Crippen molar-refractivity contribution in [1.29, 1.82) is 5.26 Å². The van der Waals surface area contributed by atoms with Gasteiger partial charge in [-0.2, -0.15) is 5.26 Å². The van der Waals surface area contributed by atoms with Gasteiger partial charge in [0.25, 0.3) is 5.91 Å². The summed E-state index contributed by atoms with van der Waals surface area (Å²) >= 11 is 1.17. The van der Waals surface area contributed by atoms with Crippen LogP contribution in [0.25, 0.3) is 0 Å². The number of rotatable bonds is 5. The van der Waals surface area contributed by atoms with E-state index in [0.29, 0.717) is 16.0 Å². The summed E-state index contributed by atoms with van der Waals surface area (Å²) in [5.41, 5.74) is 11.9. The molecule has 0 atom stereocenters. The number of amides is 1. The Morgan fingerprint density at radius 2 is 2.26 bits per heavy atom. The van der Waals surface area contributed by atoms with E-state index in [2.05, 4.69) is 12.2 Å². The van der Waals surface area contributed by atoms with E-state index in [1.54, 1.807) is 0 Å². The van der Waals surface area contributed by atoms with Crippen molar-refractivity contribution >= 4 is 27.9 Å². The highest BCUT2D eigenvalue weighted by atomic mass is 32.1. The van der Waals surface area contributed by atoms with Crippen LogP contribution in [0.15, 0.2) is 0 Å². The smallest absolute Gasteiger partial charge is 0.261 e. The maximum atomic E-state index is 11.2. The van der Waals surface area contributed by atoms with Crippen LogP contribution < -0.4 is 16.8 Å². The number of hydrogen-bond donors (Lipinski definition) is 3. The zero-order chi connectivity index (χ0) is 14.0. The zero-order valence-corrected chi connectivity index (χ0v) is 11.8. The summed E-state index contributed by atoms with van der Waals surface area (Å²) in [6.45, 7) is 3.00. The van der Waals surface area contributed by atoms with Gasteiger partial charge >= 0.3 is 0 Å². The minimum Gasteiger partial charge on any atom is -0.396 e. The molecule has 0 aliphatic heterocycles. The van der Waals surface area contributed by atoms with E-state index in [0.717, 1.165) is 13.0 Å². The third-order valence-electron chi connectivity index (χ3n) is 4.07. The van der Waals surface area contributed by atoms with Crippen molar-refractivity contribution in [2.75, 3.05) is 17.6 Å². The molecule has 6 heteroatoms. The van der Waals surface area contributed by atoms with E-state index in [4.69, 9.17) is 16.7 Å². The normalized spacial score (nSPS) is 16.4.